The van der Waals surface area contributed by atoms with Crippen LogP contribution in [0.4, 0.5) is 15.9 Å². The third-order valence-electron chi connectivity index (χ3n) is 4.85. The quantitative estimate of drug-likeness (QED) is 0.417. The zero-order chi connectivity index (χ0) is 22.0. The number of aromatic amines is 1. The molecule has 1 aliphatic rings. The van der Waals surface area contributed by atoms with Crippen LogP contribution >= 0.6 is 11.8 Å². The van der Waals surface area contributed by atoms with Gasteiger partial charge >= 0.3 is 0 Å². The van der Waals surface area contributed by atoms with E-state index in [1.807, 2.05) is 19.1 Å². The molecule has 0 spiro atoms. The summed E-state index contributed by atoms with van der Waals surface area (Å²) in [5.41, 5.74) is 2.14. The average Bonchev–Trinajstić information content (AvgIpc) is 2.74. The molecule has 3 N–H and O–H groups in total. The lowest BCUT2D eigenvalue weighted by molar-refractivity contribution is -0.123. The van der Waals surface area contributed by atoms with Gasteiger partial charge in [0.1, 0.15) is 11.6 Å². The van der Waals surface area contributed by atoms with Gasteiger partial charge in [0, 0.05) is 17.9 Å². The molecule has 1 aliphatic heterocycles. The molecular weight excluding hydrogens is 419 g/mol. The third kappa shape index (κ3) is 4.83. The standard InChI is InChI=1S/C22H19FN4O3S/c1-12-2-8-15(9-3-12)24-20(29)16-10-17(28)25-19-18(16)21(30)27-22(26-19)31-11-13-4-6-14(23)7-5-13/h2-9,16H,10-11H2,1H3,(H,24,29)(H2,25,26,27,28,30)/t16-/m1/s1. The molecule has 7 nitrogen and oxygen atoms in total. The highest BCUT2D eigenvalue weighted by molar-refractivity contribution is 7.98. The first kappa shape index (κ1) is 20.8. The first-order valence-corrected chi connectivity index (χ1v) is 10.6. The molecule has 31 heavy (non-hydrogen) atoms. The summed E-state index contributed by atoms with van der Waals surface area (Å²) in [7, 11) is 0. The van der Waals surface area contributed by atoms with Gasteiger partial charge in [-0.15, -0.1) is 0 Å². The number of carbonyl (C=O) groups is 2. The van der Waals surface area contributed by atoms with Crippen LogP contribution in [0.15, 0.2) is 58.5 Å². The predicted molar refractivity (Wildman–Crippen MR) is 117 cm³/mol. The van der Waals surface area contributed by atoms with Gasteiger partial charge in [-0.05, 0) is 36.8 Å². The van der Waals surface area contributed by atoms with Crippen LogP contribution in [0.1, 0.15) is 29.0 Å². The van der Waals surface area contributed by atoms with E-state index in [1.54, 1.807) is 24.3 Å². The van der Waals surface area contributed by atoms with Gasteiger partial charge in [0.05, 0.1) is 11.5 Å². The number of nitrogens with one attached hydrogen (secondary N) is 3. The molecule has 2 heterocycles. The molecule has 4 rings (SSSR count). The summed E-state index contributed by atoms with van der Waals surface area (Å²) in [5, 5.41) is 5.65. The monoisotopic (exact) mass is 438 g/mol. The number of carbonyl (C=O) groups excluding carboxylic acids is 2. The van der Waals surface area contributed by atoms with E-state index in [-0.39, 0.29) is 29.5 Å². The summed E-state index contributed by atoms with van der Waals surface area (Å²) in [6, 6.07) is 13.2. The molecular formula is C22H19FN4O3S. The summed E-state index contributed by atoms with van der Waals surface area (Å²) in [6.45, 7) is 1.93. The highest BCUT2D eigenvalue weighted by Gasteiger charge is 2.34. The number of nitrogens with zero attached hydrogens (tertiary/aromatic N) is 1. The largest absolute Gasteiger partial charge is 0.326 e. The van der Waals surface area contributed by atoms with Crippen molar-refractivity contribution in [3.05, 3.63) is 81.4 Å². The van der Waals surface area contributed by atoms with Crippen LogP contribution in [0.25, 0.3) is 0 Å². The Morgan fingerprint density at radius 2 is 1.87 bits per heavy atom. The Bertz CT molecular complexity index is 1190. The number of hydrogen-bond donors (Lipinski definition) is 3. The molecule has 0 aliphatic carbocycles. The summed E-state index contributed by atoms with van der Waals surface area (Å²) in [4.78, 5) is 44.8. The predicted octanol–water partition coefficient (Wildman–Crippen LogP) is 3.57. The maximum Gasteiger partial charge on any atom is 0.257 e. The van der Waals surface area contributed by atoms with Gasteiger partial charge in [-0.2, -0.15) is 0 Å². The van der Waals surface area contributed by atoms with E-state index in [4.69, 9.17) is 0 Å². The summed E-state index contributed by atoms with van der Waals surface area (Å²) >= 11 is 1.24. The molecule has 1 atom stereocenters. The maximum atomic E-state index is 13.0. The highest BCUT2D eigenvalue weighted by Crippen LogP contribution is 2.31. The number of benzene rings is 2. The van der Waals surface area contributed by atoms with Gasteiger partial charge in [0.25, 0.3) is 5.56 Å². The topological polar surface area (TPSA) is 104 Å². The number of rotatable bonds is 5. The van der Waals surface area contributed by atoms with Crippen molar-refractivity contribution in [1.82, 2.24) is 9.97 Å². The SMILES string of the molecule is Cc1ccc(NC(=O)[C@@H]2CC(=O)Nc3nc(SCc4ccc(F)cc4)[nH]c(=O)c32)cc1. The van der Waals surface area contributed by atoms with Gasteiger partial charge in [-0.1, -0.05) is 41.6 Å². The lowest BCUT2D eigenvalue weighted by Gasteiger charge is -2.23. The molecule has 0 radical (unpaired) electrons. The Labute approximate surface area is 181 Å². The van der Waals surface area contributed by atoms with Crippen LogP contribution in [-0.2, 0) is 15.3 Å². The van der Waals surface area contributed by atoms with Gasteiger partial charge in [-0.25, -0.2) is 9.37 Å². The molecule has 9 heteroatoms. The molecule has 158 valence electrons. The number of halogens is 1. The van der Waals surface area contributed by atoms with Crippen molar-refractivity contribution in [2.45, 2.75) is 30.2 Å². The number of H-pyrrole nitrogens is 1. The Balaban J connectivity index is 1.56. The Morgan fingerprint density at radius 1 is 1.16 bits per heavy atom. The number of hydrogen-bond acceptors (Lipinski definition) is 5. The van der Waals surface area contributed by atoms with E-state index < -0.39 is 17.4 Å². The fourth-order valence-corrected chi connectivity index (χ4v) is 4.06. The number of aromatic nitrogens is 2. The van der Waals surface area contributed by atoms with Gasteiger partial charge in [0.2, 0.25) is 11.8 Å². The van der Waals surface area contributed by atoms with E-state index in [2.05, 4.69) is 20.6 Å². The molecule has 0 saturated heterocycles. The lowest BCUT2D eigenvalue weighted by Crippen LogP contribution is -2.36. The fraction of sp³-hybridized carbons (Fsp3) is 0.182. The van der Waals surface area contributed by atoms with Crippen molar-refractivity contribution >= 4 is 35.1 Å². The van der Waals surface area contributed by atoms with Crippen LogP contribution in [0, 0.1) is 12.7 Å². The lowest BCUT2D eigenvalue weighted by atomic mass is 9.92. The molecule has 3 aromatic rings. The van der Waals surface area contributed by atoms with Crippen LogP contribution in [0.2, 0.25) is 0 Å². The van der Waals surface area contributed by atoms with E-state index in [0.717, 1.165) is 11.1 Å². The van der Waals surface area contributed by atoms with Gasteiger partial charge in [-0.3, -0.25) is 14.4 Å². The van der Waals surface area contributed by atoms with Crippen LogP contribution in [-0.4, -0.2) is 21.8 Å². The van der Waals surface area contributed by atoms with Crippen molar-refractivity contribution in [2.75, 3.05) is 10.6 Å². The zero-order valence-corrected chi connectivity index (χ0v) is 17.4. The number of amides is 2. The second-order valence-corrected chi connectivity index (χ2v) is 8.17. The Hall–Kier alpha value is -3.46. The first-order valence-electron chi connectivity index (χ1n) is 9.58. The maximum absolute atomic E-state index is 13.0. The minimum atomic E-state index is -0.947. The molecule has 2 amide bonds. The smallest absolute Gasteiger partial charge is 0.257 e. The van der Waals surface area contributed by atoms with Gasteiger partial charge in [0.15, 0.2) is 5.16 Å². The third-order valence-corrected chi connectivity index (χ3v) is 5.80. The number of anilines is 2. The number of aryl methyl sites for hydroxylation is 1. The van der Waals surface area contributed by atoms with E-state index in [9.17, 15) is 18.8 Å². The molecule has 1 aromatic heterocycles. The summed E-state index contributed by atoms with van der Waals surface area (Å²) in [6.07, 6.45) is -0.141. The molecule has 0 unspecified atom stereocenters. The highest BCUT2D eigenvalue weighted by atomic mass is 32.2. The molecule has 0 bridgehead atoms. The Kier molecular flexibility index (Phi) is 5.85. The first-order chi connectivity index (χ1) is 14.9. The molecule has 2 aromatic carbocycles. The van der Waals surface area contributed by atoms with Crippen molar-refractivity contribution in [1.29, 1.82) is 0 Å². The van der Waals surface area contributed by atoms with E-state index >= 15 is 0 Å². The Morgan fingerprint density at radius 3 is 2.58 bits per heavy atom. The average molecular weight is 438 g/mol. The van der Waals surface area contributed by atoms with Crippen LogP contribution in [0.3, 0.4) is 0 Å². The van der Waals surface area contributed by atoms with Crippen LogP contribution < -0.4 is 16.2 Å². The van der Waals surface area contributed by atoms with Crippen molar-refractivity contribution < 1.29 is 14.0 Å². The zero-order valence-electron chi connectivity index (χ0n) is 16.6. The van der Waals surface area contributed by atoms with E-state index in [0.29, 0.717) is 16.6 Å². The second-order valence-electron chi connectivity index (χ2n) is 7.21. The van der Waals surface area contributed by atoms with Crippen LogP contribution in [0.5, 0.6) is 0 Å². The normalized spacial score (nSPS) is 15.2. The van der Waals surface area contributed by atoms with Crippen molar-refractivity contribution in [3.8, 4) is 0 Å². The molecule has 0 saturated carbocycles. The van der Waals surface area contributed by atoms with Crippen molar-refractivity contribution in [3.63, 3.8) is 0 Å². The molecule has 0 fully saturated rings. The fourth-order valence-electron chi connectivity index (χ4n) is 3.24. The van der Waals surface area contributed by atoms with Crippen molar-refractivity contribution in [2.24, 2.45) is 0 Å². The summed E-state index contributed by atoms with van der Waals surface area (Å²) in [5.74, 6) is -1.56. The number of thioether (sulfide) groups is 1. The second kappa shape index (κ2) is 8.73. The minimum Gasteiger partial charge on any atom is -0.326 e. The number of fused-ring (bicyclic) bond motifs is 1. The van der Waals surface area contributed by atoms with Gasteiger partial charge < -0.3 is 15.6 Å². The van der Waals surface area contributed by atoms with E-state index in [1.165, 1.54) is 23.9 Å². The minimum absolute atomic E-state index is 0.0886. The summed E-state index contributed by atoms with van der Waals surface area (Å²) < 4.78 is 13.0.